The van der Waals surface area contributed by atoms with E-state index >= 15 is 0 Å². The van der Waals surface area contributed by atoms with E-state index in [0.29, 0.717) is 12.0 Å². The number of fused-ring (bicyclic) bond motifs is 5. The molecule has 1 aromatic carbocycles. The first-order chi connectivity index (χ1) is 20.1. The minimum absolute atomic E-state index is 0.0101. The highest BCUT2D eigenvalue weighted by Gasteiger charge is 2.59. The fourth-order valence-electron chi connectivity index (χ4n) is 9.95. The Bertz CT molecular complexity index is 1140. The van der Waals surface area contributed by atoms with Crippen molar-refractivity contribution in [2.75, 3.05) is 6.61 Å². The van der Waals surface area contributed by atoms with Crippen molar-refractivity contribution in [3.8, 4) is 5.75 Å². The predicted octanol–water partition coefficient (Wildman–Crippen LogP) is 10.2. The van der Waals surface area contributed by atoms with Gasteiger partial charge in [0.1, 0.15) is 18.5 Å². The van der Waals surface area contributed by atoms with Gasteiger partial charge in [-0.25, -0.2) is 4.79 Å². The van der Waals surface area contributed by atoms with Gasteiger partial charge in [0.15, 0.2) is 0 Å². The lowest BCUT2D eigenvalue weighted by atomic mass is 9.47. The highest BCUT2D eigenvalue weighted by molar-refractivity contribution is 5.87. The molecule has 0 bridgehead atoms. The van der Waals surface area contributed by atoms with Crippen LogP contribution in [0.4, 0.5) is 0 Å². The molecular formula is C39H56O3. The monoisotopic (exact) mass is 572 g/mol. The summed E-state index contributed by atoms with van der Waals surface area (Å²) >= 11 is 0. The van der Waals surface area contributed by atoms with Crippen LogP contribution in [-0.4, -0.2) is 18.7 Å². The molecule has 0 heterocycles. The average Bonchev–Trinajstić information content (AvgIpc) is 3.33. The highest BCUT2D eigenvalue weighted by atomic mass is 16.5. The molecule has 0 amide bonds. The molecule has 3 fully saturated rings. The maximum absolute atomic E-state index is 12.7. The molecule has 0 spiro atoms. The summed E-state index contributed by atoms with van der Waals surface area (Å²) in [6.45, 7) is 16.7. The summed E-state index contributed by atoms with van der Waals surface area (Å²) in [5.41, 5.74) is 3.34. The van der Waals surface area contributed by atoms with Crippen molar-refractivity contribution in [2.45, 2.75) is 111 Å². The number of carbonyl (C=O) groups is 1. The summed E-state index contributed by atoms with van der Waals surface area (Å²) in [5, 5.41) is 0. The zero-order valence-electron chi connectivity index (χ0n) is 27.1. The van der Waals surface area contributed by atoms with Crippen LogP contribution in [0.25, 0.3) is 6.08 Å². The van der Waals surface area contributed by atoms with Gasteiger partial charge in [-0.05, 0) is 115 Å². The van der Waals surface area contributed by atoms with Crippen LogP contribution in [0.3, 0.4) is 0 Å². The van der Waals surface area contributed by atoms with Gasteiger partial charge in [0.25, 0.3) is 0 Å². The highest BCUT2D eigenvalue weighted by Crippen LogP contribution is 2.67. The van der Waals surface area contributed by atoms with Gasteiger partial charge in [0, 0.05) is 12.5 Å². The maximum Gasteiger partial charge on any atom is 0.331 e. The maximum atomic E-state index is 12.7. The normalized spacial score (nSPS) is 34.7. The van der Waals surface area contributed by atoms with Crippen molar-refractivity contribution in [2.24, 2.45) is 46.3 Å². The van der Waals surface area contributed by atoms with Gasteiger partial charge in [-0.1, -0.05) is 90.3 Å². The van der Waals surface area contributed by atoms with Gasteiger partial charge in [-0.3, -0.25) is 0 Å². The second-order valence-corrected chi connectivity index (χ2v) is 15.1. The smallest absolute Gasteiger partial charge is 0.331 e. The van der Waals surface area contributed by atoms with Crippen LogP contribution < -0.4 is 4.74 Å². The van der Waals surface area contributed by atoms with E-state index < -0.39 is 0 Å². The molecule has 0 aliphatic heterocycles. The molecule has 42 heavy (non-hydrogen) atoms. The number of benzene rings is 1. The Labute approximate surface area is 256 Å². The number of allylic oxidation sites excluding steroid dienone is 1. The zero-order chi connectivity index (χ0) is 29.9. The molecule has 3 heteroatoms. The summed E-state index contributed by atoms with van der Waals surface area (Å²) in [6.07, 6.45) is 21.8. The van der Waals surface area contributed by atoms with Crippen molar-refractivity contribution in [3.63, 3.8) is 0 Å². The Balaban J connectivity index is 1.18. The Kier molecular flexibility index (Phi) is 9.75. The molecule has 1 unspecified atom stereocenters. The van der Waals surface area contributed by atoms with Gasteiger partial charge in [0.05, 0.1) is 0 Å². The Hall–Kier alpha value is -2.29. The summed E-state index contributed by atoms with van der Waals surface area (Å²) < 4.78 is 11.5. The standard InChI is InChI=1S/C39H56O3/c1-7-25-41-31-15-11-29(12-16-31)13-20-37(40)42-32-21-23-38(5)30(26-32)14-17-33-35-19-18-34(28(4)10-8-9-27(2)3)39(35,6)24-22-36(33)38/h7,11-16,20,27-28,32-36H,1,8-10,17-19,21-26H2,2-6H3/b20-13+/t28-,32?,33+,34-,35+,36+,38+,39-/m1/s1. The Morgan fingerprint density at radius 2 is 1.81 bits per heavy atom. The fourth-order valence-corrected chi connectivity index (χ4v) is 9.95. The topological polar surface area (TPSA) is 35.5 Å². The quantitative estimate of drug-likeness (QED) is 0.150. The van der Waals surface area contributed by atoms with E-state index in [1.807, 2.05) is 30.3 Å². The zero-order valence-corrected chi connectivity index (χ0v) is 27.1. The lowest BCUT2D eigenvalue weighted by molar-refractivity contribution is -0.145. The first-order valence-electron chi connectivity index (χ1n) is 17.1. The molecule has 3 nitrogen and oxygen atoms in total. The van der Waals surface area contributed by atoms with Crippen molar-refractivity contribution < 1.29 is 14.3 Å². The molecule has 8 atom stereocenters. The molecule has 5 rings (SSSR count). The van der Waals surface area contributed by atoms with Crippen molar-refractivity contribution >= 4 is 12.0 Å². The summed E-state index contributed by atoms with van der Waals surface area (Å²) in [7, 11) is 0. The van der Waals surface area contributed by atoms with Gasteiger partial charge >= 0.3 is 5.97 Å². The van der Waals surface area contributed by atoms with E-state index in [0.717, 1.165) is 66.1 Å². The second-order valence-electron chi connectivity index (χ2n) is 15.1. The third-order valence-electron chi connectivity index (χ3n) is 12.2. The molecule has 0 radical (unpaired) electrons. The molecule has 4 aliphatic carbocycles. The van der Waals surface area contributed by atoms with Crippen molar-refractivity contribution in [3.05, 3.63) is 60.2 Å². The van der Waals surface area contributed by atoms with Crippen LogP contribution in [0.5, 0.6) is 5.75 Å². The van der Waals surface area contributed by atoms with Gasteiger partial charge in [0.2, 0.25) is 0 Å². The number of hydrogen-bond acceptors (Lipinski definition) is 3. The molecule has 0 aromatic heterocycles. The Morgan fingerprint density at radius 1 is 1.02 bits per heavy atom. The van der Waals surface area contributed by atoms with Crippen LogP contribution in [0.15, 0.2) is 54.6 Å². The van der Waals surface area contributed by atoms with Crippen molar-refractivity contribution in [1.29, 1.82) is 0 Å². The molecule has 230 valence electrons. The van der Waals surface area contributed by atoms with Crippen LogP contribution in [-0.2, 0) is 9.53 Å². The predicted molar refractivity (Wildman–Crippen MR) is 174 cm³/mol. The molecular weight excluding hydrogens is 516 g/mol. The summed E-state index contributed by atoms with van der Waals surface area (Å²) in [4.78, 5) is 12.7. The number of esters is 1. The van der Waals surface area contributed by atoms with Crippen LogP contribution in [0.1, 0.15) is 111 Å². The molecule has 4 aliphatic rings. The number of carbonyl (C=O) groups excluding carboxylic acids is 1. The SMILES string of the molecule is C=CCOc1ccc(/C=C/C(=O)OC2CC[C@@]3(C)C(=CC[C@H]4[C@@H]5CC[C@H]([C@H](C)CCCC(C)C)[C@@]5(C)CC[C@@H]43)C2)cc1. The number of hydrogen-bond donors (Lipinski definition) is 0. The van der Waals surface area contributed by atoms with E-state index in [9.17, 15) is 4.79 Å². The minimum atomic E-state index is -0.238. The van der Waals surface area contributed by atoms with Gasteiger partial charge in [-0.15, -0.1) is 0 Å². The average molecular weight is 573 g/mol. The summed E-state index contributed by atoms with van der Waals surface area (Å²) in [6, 6.07) is 7.72. The Morgan fingerprint density at radius 3 is 2.55 bits per heavy atom. The van der Waals surface area contributed by atoms with Gasteiger partial charge < -0.3 is 9.47 Å². The molecule has 0 saturated heterocycles. The largest absolute Gasteiger partial charge is 0.490 e. The van der Waals surface area contributed by atoms with Crippen LogP contribution >= 0.6 is 0 Å². The van der Waals surface area contributed by atoms with E-state index in [-0.39, 0.29) is 17.5 Å². The van der Waals surface area contributed by atoms with Crippen LogP contribution in [0.2, 0.25) is 0 Å². The van der Waals surface area contributed by atoms with E-state index in [1.165, 1.54) is 51.4 Å². The second kappa shape index (κ2) is 13.1. The molecule has 0 N–H and O–H groups in total. The number of ether oxygens (including phenoxy) is 2. The van der Waals surface area contributed by atoms with Crippen LogP contribution in [0, 0.1) is 46.3 Å². The molecule has 3 saturated carbocycles. The minimum Gasteiger partial charge on any atom is -0.490 e. The van der Waals surface area contributed by atoms with E-state index in [2.05, 4.69) is 47.3 Å². The first kappa shape index (κ1) is 31.1. The third kappa shape index (κ3) is 6.46. The third-order valence-corrected chi connectivity index (χ3v) is 12.2. The fraction of sp³-hybridized carbons (Fsp3) is 0.667. The number of rotatable bonds is 11. The summed E-state index contributed by atoms with van der Waals surface area (Å²) in [5.74, 6) is 5.65. The van der Waals surface area contributed by atoms with Crippen molar-refractivity contribution in [1.82, 2.24) is 0 Å². The van der Waals surface area contributed by atoms with E-state index in [4.69, 9.17) is 9.47 Å². The van der Waals surface area contributed by atoms with E-state index in [1.54, 1.807) is 17.7 Å². The molecule has 1 aromatic rings. The van der Waals surface area contributed by atoms with Gasteiger partial charge in [-0.2, -0.15) is 0 Å². The first-order valence-corrected chi connectivity index (χ1v) is 17.1. The lowest BCUT2D eigenvalue weighted by Gasteiger charge is -2.58. The lowest BCUT2D eigenvalue weighted by Crippen LogP contribution is -2.51.